The van der Waals surface area contributed by atoms with Gasteiger partial charge in [-0.2, -0.15) is 0 Å². The van der Waals surface area contributed by atoms with Gasteiger partial charge in [0.05, 0.1) is 4.90 Å². The van der Waals surface area contributed by atoms with Crippen LogP contribution >= 0.6 is 0 Å². The van der Waals surface area contributed by atoms with E-state index in [-0.39, 0.29) is 72.0 Å². The summed E-state index contributed by atoms with van der Waals surface area (Å²) in [5.74, 6) is -3.46. The standard InChI is InChI=1S/C20H30O10S2.2Na/c1-3-5-7-9-11-18(21)29-16-13-15(31(23,24)25)14-17(32(26,27)28)20(16)30-19(22)12-10-8-6-4-2;;/h13-14H,3-12H2,1-2H3,(H,23,24,25)(H,26,27,28);;/q;2*+1/p-2. The van der Waals surface area contributed by atoms with Gasteiger partial charge < -0.3 is 18.6 Å². The van der Waals surface area contributed by atoms with Crippen LogP contribution in [0.5, 0.6) is 11.5 Å². The average Bonchev–Trinajstić information content (AvgIpc) is 2.68. The Morgan fingerprint density at radius 1 is 0.735 bits per heavy atom. The van der Waals surface area contributed by atoms with Gasteiger partial charge in [-0.15, -0.1) is 0 Å². The molecular formula is C20H28Na2O10S2. The first-order valence-electron chi connectivity index (χ1n) is 10.4. The van der Waals surface area contributed by atoms with Crippen LogP contribution in [0.2, 0.25) is 0 Å². The number of benzene rings is 1. The maximum absolute atomic E-state index is 12.2. The van der Waals surface area contributed by atoms with Crippen molar-refractivity contribution in [3.05, 3.63) is 12.1 Å². The molecular weight excluding hydrogens is 510 g/mol. The van der Waals surface area contributed by atoms with Gasteiger partial charge in [-0.1, -0.05) is 52.4 Å². The largest absolute Gasteiger partial charge is 1.00 e. The molecule has 10 nitrogen and oxygen atoms in total. The Kier molecular flexibility index (Phi) is 18.5. The van der Waals surface area contributed by atoms with E-state index in [1.165, 1.54) is 0 Å². The predicted octanol–water partition coefficient (Wildman–Crippen LogP) is -2.75. The molecule has 0 atom stereocenters. The van der Waals surface area contributed by atoms with E-state index in [0.717, 1.165) is 32.1 Å². The SMILES string of the molecule is CCCCCCC(=O)Oc1cc(S(=O)(=O)[O-])cc(S(=O)(=O)[O-])c1OC(=O)CCCCCC.[Na+].[Na+]. The van der Waals surface area contributed by atoms with Crippen molar-refractivity contribution in [3.63, 3.8) is 0 Å². The normalized spacial score (nSPS) is 11.2. The number of ether oxygens (including phenoxy) is 2. The monoisotopic (exact) mass is 538 g/mol. The number of hydrogen-bond acceptors (Lipinski definition) is 10. The van der Waals surface area contributed by atoms with Crippen molar-refractivity contribution >= 4 is 32.2 Å². The van der Waals surface area contributed by atoms with Gasteiger partial charge in [-0.05, 0) is 18.9 Å². The van der Waals surface area contributed by atoms with Crippen LogP contribution in [0.3, 0.4) is 0 Å². The molecule has 0 heterocycles. The van der Waals surface area contributed by atoms with E-state index in [9.17, 15) is 35.5 Å². The number of rotatable bonds is 14. The summed E-state index contributed by atoms with van der Waals surface area (Å²) >= 11 is 0. The molecule has 0 saturated carbocycles. The Morgan fingerprint density at radius 3 is 1.62 bits per heavy atom. The maximum Gasteiger partial charge on any atom is 1.00 e. The molecule has 14 heteroatoms. The quantitative estimate of drug-likeness (QED) is 0.0797. The molecule has 34 heavy (non-hydrogen) atoms. The van der Waals surface area contributed by atoms with Crippen molar-refractivity contribution in [1.82, 2.24) is 0 Å². The Balaban J connectivity index is 0. The molecule has 182 valence electrons. The molecule has 0 aliphatic heterocycles. The molecule has 0 aromatic heterocycles. The topological polar surface area (TPSA) is 167 Å². The van der Waals surface area contributed by atoms with E-state index >= 15 is 0 Å². The molecule has 0 aliphatic carbocycles. The third-order valence-electron chi connectivity index (χ3n) is 4.46. The summed E-state index contributed by atoms with van der Waals surface area (Å²) < 4.78 is 79.4. The first-order chi connectivity index (χ1) is 14.9. The molecule has 0 amide bonds. The summed E-state index contributed by atoms with van der Waals surface area (Å²) in [5.41, 5.74) is 0. The van der Waals surface area contributed by atoms with Gasteiger partial charge in [0.1, 0.15) is 25.1 Å². The fourth-order valence-corrected chi connectivity index (χ4v) is 4.02. The van der Waals surface area contributed by atoms with E-state index in [0.29, 0.717) is 31.4 Å². The molecule has 0 aliphatic rings. The predicted molar refractivity (Wildman–Crippen MR) is 111 cm³/mol. The third-order valence-corrected chi connectivity index (χ3v) is 6.12. The number of esters is 2. The fraction of sp³-hybridized carbons (Fsp3) is 0.600. The van der Waals surface area contributed by atoms with Crippen LogP contribution in [0, 0.1) is 0 Å². The van der Waals surface area contributed by atoms with Crippen LogP contribution < -0.4 is 68.6 Å². The Morgan fingerprint density at radius 2 is 1.21 bits per heavy atom. The van der Waals surface area contributed by atoms with Crippen LogP contribution in [-0.2, 0) is 29.8 Å². The van der Waals surface area contributed by atoms with Gasteiger partial charge in [0.25, 0.3) is 0 Å². The van der Waals surface area contributed by atoms with Crippen molar-refractivity contribution in [1.29, 1.82) is 0 Å². The van der Waals surface area contributed by atoms with Gasteiger partial charge >= 0.3 is 71.1 Å². The van der Waals surface area contributed by atoms with Crippen LogP contribution in [-0.4, -0.2) is 37.9 Å². The van der Waals surface area contributed by atoms with E-state index in [1.807, 2.05) is 13.8 Å². The van der Waals surface area contributed by atoms with Gasteiger partial charge in [-0.25, -0.2) is 16.8 Å². The maximum atomic E-state index is 12.2. The van der Waals surface area contributed by atoms with Gasteiger partial charge in [0.2, 0.25) is 0 Å². The van der Waals surface area contributed by atoms with Crippen LogP contribution in [0.15, 0.2) is 21.9 Å². The van der Waals surface area contributed by atoms with Gasteiger partial charge in [0.15, 0.2) is 11.5 Å². The summed E-state index contributed by atoms with van der Waals surface area (Å²) in [5, 5.41) is 0. The number of unbranched alkanes of at least 4 members (excludes halogenated alkanes) is 6. The van der Waals surface area contributed by atoms with Gasteiger partial charge in [0, 0.05) is 18.9 Å². The summed E-state index contributed by atoms with van der Waals surface area (Å²) in [6.45, 7) is 3.94. The minimum Gasteiger partial charge on any atom is -0.744 e. The first-order valence-corrected chi connectivity index (χ1v) is 13.2. The van der Waals surface area contributed by atoms with E-state index in [1.54, 1.807) is 0 Å². The molecule has 1 aromatic carbocycles. The zero-order valence-corrected chi connectivity index (χ0v) is 25.8. The molecule has 0 fully saturated rings. The van der Waals surface area contributed by atoms with Crippen molar-refractivity contribution in [2.24, 2.45) is 0 Å². The number of carbonyl (C=O) groups excluding carboxylic acids is 2. The zero-order chi connectivity index (χ0) is 24.4. The first kappa shape index (κ1) is 36.1. The van der Waals surface area contributed by atoms with E-state index < -0.39 is 53.5 Å². The number of carbonyl (C=O) groups is 2. The molecule has 0 saturated heterocycles. The van der Waals surface area contributed by atoms with Crippen LogP contribution in [0.4, 0.5) is 0 Å². The summed E-state index contributed by atoms with van der Waals surface area (Å²) in [6, 6.07) is 0.865. The summed E-state index contributed by atoms with van der Waals surface area (Å²) in [4.78, 5) is 22.0. The van der Waals surface area contributed by atoms with E-state index in [2.05, 4.69) is 0 Å². The Bertz CT molecular complexity index is 1010. The molecule has 0 spiro atoms. The van der Waals surface area contributed by atoms with Crippen LogP contribution in [0.1, 0.15) is 78.1 Å². The zero-order valence-electron chi connectivity index (χ0n) is 20.1. The molecule has 0 unspecified atom stereocenters. The van der Waals surface area contributed by atoms with Crippen LogP contribution in [0.25, 0.3) is 0 Å². The minimum absolute atomic E-state index is 0. The minimum atomic E-state index is -5.40. The second-order valence-corrected chi connectivity index (χ2v) is 9.95. The van der Waals surface area contributed by atoms with E-state index in [4.69, 9.17) is 9.47 Å². The Hall–Kier alpha value is -0.0200. The summed E-state index contributed by atoms with van der Waals surface area (Å²) in [7, 11) is -10.6. The molecule has 0 radical (unpaired) electrons. The molecule has 1 rings (SSSR count). The van der Waals surface area contributed by atoms with Gasteiger partial charge in [-0.3, -0.25) is 9.59 Å². The molecule has 1 aromatic rings. The van der Waals surface area contributed by atoms with Crippen molar-refractivity contribution in [3.8, 4) is 11.5 Å². The van der Waals surface area contributed by atoms with Crippen molar-refractivity contribution < 1.29 is 104 Å². The number of hydrogen-bond donors (Lipinski definition) is 0. The third kappa shape index (κ3) is 13.3. The second-order valence-electron chi connectivity index (χ2n) is 7.23. The second kappa shape index (κ2) is 17.4. The molecule has 0 N–H and O–H groups in total. The molecule has 0 bridgehead atoms. The van der Waals surface area contributed by atoms with Crippen molar-refractivity contribution in [2.75, 3.05) is 0 Å². The smallest absolute Gasteiger partial charge is 0.744 e. The summed E-state index contributed by atoms with van der Waals surface area (Å²) in [6.07, 6.45) is 5.70. The Labute approximate surface area is 245 Å². The average molecular weight is 539 g/mol. The van der Waals surface area contributed by atoms with Crippen molar-refractivity contribution in [2.45, 2.75) is 87.8 Å². The fourth-order valence-electron chi connectivity index (χ4n) is 2.79.